The smallest absolute Gasteiger partial charge is 0.208 e. The Bertz CT molecular complexity index is 872. The van der Waals surface area contributed by atoms with Crippen LogP contribution in [0.4, 0.5) is 5.82 Å². The molecule has 1 saturated heterocycles. The summed E-state index contributed by atoms with van der Waals surface area (Å²) in [5.41, 5.74) is 4.29. The number of nitrogen functional groups attached to an aromatic ring is 1. The summed E-state index contributed by atoms with van der Waals surface area (Å²) >= 11 is 3.35. The number of aliphatic hydroxyl groups excluding tert-OH is 1. The highest BCUT2D eigenvalue weighted by Gasteiger charge is 2.61. The Balaban J connectivity index is 2.11. The first kappa shape index (κ1) is 17.9. The van der Waals surface area contributed by atoms with E-state index >= 15 is 0 Å². The third-order valence-electron chi connectivity index (χ3n) is 4.30. The number of hydrogen-bond acceptors (Lipinski definition) is 9. The van der Waals surface area contributed by atoms with E-state index in [0.717, 1.165) is 13.8 Å². The number of carbonyl (C=O) groups excluding carboxylic acids is 2. The van der Waals surface area contributed by atoms with Gasteiger partial charge in [0, 0.05) is 6.42 Å². The van der Waals surface area contributed by atoms with E-state index in [1.807, 2.05) is 0 Å². The highest BCUT2D eigenvalue weighted by Crippen LogP contribution is 2.48. The molecule has 0 aliphatic carbocycles. The number of hydrogen-bond donors (Lipinski definition) is 3. The Kier molecular flexibility index (Phi) is 4.14. The summed E-state index contributed by atoms with van der Waals surface area (Å²) in [5, 5.41) is 20.9. The van der Waals surface area contributed by atoms with Crippen molar-refractivity contribution in [3.63, 3.8) is 0 Å². The molecule has 134 valence electrons. The summed E-state index contributed by atoms with van der Waals surface area (Å²) in [7, 11) is 0. The molecule has 25 heavy (non-hydrogen) atoms. The summed E-state index contributed by atoms with van der Waals surface area (Å²) < 4.78 is 5.69. The van der Waals surface area contributed by atoms with Crippen LogP contribution in [0, 0.1) is 0 Å². The van der Waals surface area contributed by atoms with Crippen LogP contribution in [-0.2, 0) is 19.0 Å². The van der Waals surface area contributed by atoms with E-state index in [-0.39, 0.29) is 12.2 Å². The molecule has 3 heterocycles. The first-order valence-electron chi connectivity index (χ1n) is 7.33. The van der Waals surface area contributed by atoms with Crippen LogP contribution in [0.25, 0.3) is 11.2 Å². The fourth-order valence-corrected chi connectivity index (χ4v) is 3.76. The van der Waals surface area contributed by atoms with E-state index in [1.54, 1.807) is 0 Å². The lowest BCUT2D eigenvalue weighted by Crippen LogP contribution is -2.52. The monoisotopic (exact) mass is 413 g/mol. The SMILES string of the molecule is CC(=O)C(O)[C@H]1O[C@@](Br)(n2cnc3c(N)ncnc32)C[C@@]1(O)C(C)=O. The van der Waals surface area contributed by atoms with Crippen molar-refractivity contribution in [3.05, 3.63) is 12.7 Å². The number of aliphatic hydroxyl groups is 2. The number of nitrogens with zero attached hydrogens (tertiary/aromatic N) is 4. The van der Waals surface area contributed by atoms with Gasteiger partial charge in [-0.2, -0.15) is 0 Å². The number of carbonyl (C=O) groups is 2. The van der Waals surface area contributed by atoms with Gasteiger partial charge in [-0.3, -0.25) is 14.2 Å². The van der Waals surface area contributed by atoms with Crippen LogP contribution in [-0.4, -0.2) is 59.1 Å². The lowest BCUT2D eigenvalue weighted by Gasteiger charge is -2.27. The number of alkyl halides is 1. The fourth-order valence-electron chi connectivity index (χ4n) is 2.87. The van der Waals surface area contributed by atoms with Crippen molar-refractivity contribution in [1.82, 2.24) is 19.5 Å². The molecular weight excluding hydrogens is 398 g/mol. The molecule has 1 fully saturated rings. The predicted octanol–water partition coefficient (Wildman–Crippen LogP) is -0.527. The van der Waals surface area contributed by atoms with Gasteiger partial charge in [0.15, 0.2) is 28.6 Å². The van der Waals surface area contributed by atoms with Crippen LogP contribution in [0.2, 0.25) is 0 Å². The van der Waals surface area contributed by atoms with Crippen molar-refractivity contribution in [2.75, 3.05) is 5.73 Å². The second-order valence-corrected chi connectivity index (χ2v) is 7.23. The first-order valence-corrected chi connectivity index (χ1v) is 8.12. The number of aromatic nitrogens is 4. The number of ketones is 2. The second-order valence-electron chi connectivity index (χ2n) is 5.99. The maximum Gasteiger partial charge on any atom is 0.208 e. The Morgan fingerprint density at radius 3 is 2.72 bits per heavy atom. The summed E-state index contributed by atoms with van der Waals surface area (Å²) in [4.78, 5) is 35.7. The Hall–Kier alpha value is -1.95. The maximum absolute atomic E-state index is 12.0. The molecule has 0 spiro atoms. The zero-order chi connectivity index (χ0) is 18.6. The maximum atomic E-state index is 12.0. The van der Waals surface area contributed by atoms with Gasteiger partial charge in [-0.1, -0.05) is 0 Å². The Morgan fingerprint density at radius 2 is 2.12 bits per heavy atom. The van der Waals surface area contributed by atoms with Gasteiger partial charge in [-0.15, -0.1) is 0 Å². The van der Waals surface area contributed by atoms with Crippen molar-refractivity contribution in [3.8, 4) is 0 Å². The third-order valence-corrected chi connectivity index (χ3v) is 5.15. The molecule has 1 aliphatic heterocycles. The van der Waals surface area contributed by atoms with E-state index in [9.17, 15) is 19.8 Å². The topological polar surface area (TPSA) is 153 Å². The largest absolute Gasteiger partial charge is 0.382 e. The van der Waals surface area contributed by atoms with Crippen LogP contribution in [0.15, 0.2) is 12.7 Å². The van der Waals surface area contributed by atoms with Gasteiger partial charge in [-0.05, 0) is 29.8 Å². The van der Waals surface area contributed by atoms with Gasteiger partial charge in [0.25, 0.3) is 0 Å². The van der Waals surface area contributed by atoms with Crippen molar-refractivity contribution in [1.29, 1.82) is 0 Å². The number of anilines is 1. The lowest BCUT2D eigenvalue weighted by atomic mass is 9.86. The van der Waals surface area contributed by atoms with E-state index in [1.165, 1.54) is 17.2 Å². The standard InChI is InChI=1S/C14H16BrN5O5/c1-6(21)9(23)10-13(24,7(2)22)3-14(15,25-10)20-5-19-8-11(16)17-4-18-12(8)20/h4-5,9-10,23-24H,3H2,1-2H3,(H2,16,17,18)/t9?,10-,13-,14+/m1/s1. The van der Waals surface area contributed by atoms with Gasteiger partial charge in [0.1, 0.15) is 30.4 Å². The molecule has 0 aromatic carbocycles. The van der Waals surface area contributed by atoms with Crippen LogP contribution >= 0.6 is 15.9 Å². The molecule has 2 aromatic heterocycles. The van der Waals surface area contributed by atoms with Crippen molar-refractivity contribution in [2.24, 2.45) is 0 Å². The molecular formula is C14H16BrN5O5. The van der Waals surface area contributed by atoms with Gasteiger partial charge < -0.3 is 20.7 Å². The van der Waals surface area contributed by atoms with Crippen LogP contribution in [0.1, 0.15) is 20.3 Å². The zero-order valence-corrected chi connectivity index (χ0v) is 15.0. The number of fused-ring (bicyclic) bond motifs is 1. The summed E-state index contributed by atoms with van der Waals surface area (Å²) in [6, 6.07) is 0. The third kappa shape index (κ3) is 2.63. The van der Waals surface area contributed by atoms with E-state index in [4.69, 9.17) is 10.5 Å². The summed E-state index contributed by atoms with van der Waals surface area (Å²) in [5.74, 6) is -1.12. The normalized spacial score (nSPS) is 30.5. The zero-order valence-electron chi connectivity index (χ0n) is 13.4. The molecule has 4 atom stereocenters. The Labute approximate surface area is 150 Å². The van der Waals surface area contributed by atoms with Gasteiger partial charge in [0.2, 0.25) is 4.63 Å². The van der Waals surface area contributed by atoms with E-state index in [2.05, 4.69) is 30.9 Å². The highest BCUT2D eigenvalue weighted by atomic mass is 79.9. The summed E-state index contributed by atoms with van der Waals surface area (Å²) in [6.07, 6.45) is -0.825. The van der Waals surface area contributed by atoms with Crippen LogP contribution in [0.5, 0.6) is 0 Å². The number of nitrogens with two attached hydrogens (primary N) is 1. The average molecular weight is 414 g/mol. The van der Waals surface area contributed by atoms with E-state index in [0.29, 0.717) is 11.2 Å². The molecule has 0 saturated carbocycles. The molecule has 1 aliphatic rings. The molecule has 1 unspecified atom stereocenters. The molecule has 4 N–H and O–H groups in total. The molecule has 0 bridgehead atoms. The molecule has 11 heteroatoms. The minimum absolute atomic E-state index is 0.153. The summed E-state index contributed by atoms with van der Waals surface area (Å²) in [6.45, 7) is 2.30. The number of ether oxygens (including phenoxy) is 1. The quantitative estimate of drug-likeness (QED) is 0.561. The number of Topliss-reactive ketones (excluding diaryl/α,β-unsaturated/α-hetero) is 2. The molecule has 10 nitrogen and oxygen atoms in total. The van der Waals surface area contributed by atoms with Crippen molar-refractivity contribution >= 4 is 44.5 Å². The predicted molar refractivity (Wildman–Crippen MR) is 88.4 cm³/mol. The molecule has 0 radical (unpaired) electrons. The van der Waals surface area contributed by atoms with Gasteiger partial charge in [-0.25, -0.2) is 15.0 Å². The van der Waals surface area contributed by atoms with Crippen molar-refractivity contribution < 1.29 is 24.5 Å². The molecule has 3 rings (SSSR count). The van der Waals surface area contributed by atoms with Crippen molar-refractivity contribution in [2.45, 2.75) is 42.7 Å². The fraction of sp³-hybridized carbons (Fsp3) is 0.500. The van der Waals surface area contributed by atoms with Gasteiger partial charge >= 0.3 is 0 Å². The minimum atomic E-state index is -2.08. The number of rotatable bonds is 4. The van der Waals surface area contributed by atoms with Crippen LogP contribution < -0.4 is 5.73 Å². The van der Waals surface area contributed by atoms with Gasteiger partial charge in [0.05, 0.1) is 0 Å². The highest BCUT2D eigenvalue weighted by molar-refractivity contribution is 9.09. The lowest BCUT2D eigenvalue weighted by molar-refractivity contribution is -0.159. The number of imidazole rings is 1. The Morgan fingerprint density at radius 1 is 1.44 bits per heavy atom. The second kappa shape index (κ2) is 5.80. The van der Waals surface area contributed by atoms with Crippen LogP contribution in [0.3, 0.4) is 0 Å². The number of halogens is 1. The molecule has 0 amide bonds. The van der Waals surface area contributed by atoms with E-state index < -0.39 is 34.0 Å². The average Bonchev–Trinajstić information content (AvgIpc) is 3.08. The minimum Gasteiger partial charge on any atom is -0.382 e. The molecule has 2 aromatic rings. The first-order chi connectivity index (χ1) is 11.6.